The fourth-order valence-corrected chi connectivity index (χ4v) is 4.56. The maximum absolute atomic E-state index is 12.7. The van der Waals surface area contributed by atoms with E-state index in [0.717, 1.165) is 19.3 Å². The number of nitrogens with one attached hydrogen (secondary N) is 1. The molecular weight excluding hydrogens is 280 g/mol. The zero-order valence-corrected chi connectivity index (χ0v) is 12.4. The molecule has 4 rings (SSSR count). The lowest BCUT2D eigenvalue weighted by Crippen LogP contribution is -2.32. The van der Waals surface area contributed by atoms with E-state index in [4.69, 9.17) is 0 Å². The second-order valence-electron chi connectivity index (χ2n) is 6.62. The molecule has 2 aliphatic carbocycles. The molecule has 3 amide bonds. The molecule has 3 aliphatic rings. The van der Waals surface area contributed by atoms with Crippen LogP contribution in [-0.4, -0.2) is 17.7 Å². The molecule has 2 saturated carbocycles. The van der Waals surface area contributed by atoms with E-state index >= 15 is 0 Å². The minimum atomic E-state index is -0.146. The summed E-state index contributed by atoms with van der Waals surface area (Å²) in [4.78, 5) is 37.8. The van der Waals surface area contributed by atoms with Crippen LogP contribution in [0.5, 0.6) is 0 Å². The van der Waals surface area contributed by atoms with Gasteiger partial charge < -0.3 is 5.32 Å². The van der Waals surface area contributed by atoms with Crippen molar-refractivity contribution >= 4 is 29.1 Å². The van der Waals surface area contributed by atoms with Gasteiger partial charge in [0, 0.05) is 12.6 Å². The van der Waals surface area contributed by atoms with Crippen LogP contribution < -0.4 is 10.2 Å². The molecule has 5 nitrogen and oxygen atoms in total. The summed E-state index contributed by atoms with van der Waals surface area (Å²) in [6.07, 6.45) is 3.21. The largest absolute Gasteiger partial charge is 0.326 e. The number of hydrogen-bond donors (Lipinski definition) is 1. The highest BCUT2D eigenvalue weighted by Crippen LogP contribution is 2.56. The highest BCUT2D eigenvalue weighted by Gasteiger charge is 2.61. The first kappa shape index (κ1) is 13.5. The highest BCUT2D eigenvalue weighted by atomic mass is 16.2. The molecule has 0 unspecified atom stereocenters. The first-order valence-corrected chi connectivity index (χ1v) is 7.81. The maximum Gasteiger partial charge on any atom is 0.237 e. The van der Waals surface area contributed by atoms with Gasteiger partial charge in [-0.2, -0.15) is 0 Å². The number of benzene rings is 1. The third-order valence-corrected chi connectivity index (χ3v) is 5.37. The average molecular weight is 298 g/mol. The SMILES string of the molecule is CC(=O)Nc1ccc(N2C(=O)[C@H]3[C@H]4CC[C@@H](C4)[C@@H]3C2=O)cc1. The Morgan fingerprint density at radius 1 is 1.05 bits per heavy atom. The number of nitrogens with zero attached hydrogens (tertiary/aromatic N) is 1. The molecule has 1 saturated heterocycles. The van der Waals surface area contributed by atoms with Gasteiger partial charge in [-0.15, -0.1) is 0 Å². The number of carbonyl (C=O) groups excluding carboxylic acids is 3. The number of imide groups is 1. The van der Waals surface area contributed by atoms with Gasteiger partial charge in [-0.1, -0.05) is 0 Å². The summed E-state index contributed by atoms with van der Waals surface area (Å²) in [5.41, 5.74) is 1.27. The smallest absolute Gasteiger partial charge is 0.237 e. The predicted molar refractivity (Wildman–Crippen MR) is 81.0 cm³/mol. The molecule has 0 radical (unpaired) electrons. The summed E-state index contributed by atoms with van der Waals surface area (Å²) in [5.74, 6) is 0.392. The zero-order valence-electron chi connectivity index (χ0n) is 12.4. The molecule has 4 atom stereocenters. The van der Waals surface area contributed by atoms with Gasteiger partial charge in [0.1, 0.15) is 0 Å². The van der Waals surface area contributed by atoms with Crippen molar-refractivity contribution in [2.45, 2.75) is 26.2 Å². The summed E-state index contributed by atoms with van der Waals surface area (Å²) in [6, 6.07) is 6.90. The topological polar surface area (TPSA) is 66.5 Å². The zero-order chi connectivity index (χ0) is 15.4. The first-order chi connectivity index (χ1) is 10.6. The Bertz CT molecular complexity index is 639. The van der Waals surface area contributed by atoms with E-state index in [-0.39, 0.29) is 29.6 Å². The Balaban J connectivity index is 1.62. The molecule has 3 fully saturated rings. The highest BCUT2D eigenvalue weighted by molar-refractivity contribution is 6.22. The van der Waals surface area contributed by atoms with Gasteiger partial charge in [0.25, 0.3) is 0 Å². The lowest BCUT2D eigenvalue weighted by molar-refractivity contribution is -0.123. The van der Waals surface area contributed by atoms with Crippen LogP contribution in [0.2, 0.25) is 0 Å². The summed E-state index contributed by atoms with van der Waals surface area (Å²) in [5, 5.41) is 2.68. The Kier molecular flexibility index (Phi) is 2.86. The summed E-state index contributed by atoms with van der Waals surface area (Å²) in [6.45, 7) is 1.44. The van der Waals surface area contributed by atoms with E-state index in [0.29, 0.717) is 23.2 Å². The third-order valence-electron chi connectivity index (χ3n) is 5.37. The molecule has 1 N–H and O–H groups in total. The van der Waals surface area contributed by atoms with Crippen molar-refractivity contribution in [2.24, 2.45) is 23.7 Å². The minimum Gasteiger partial charge on any atom is -0.326 e. The van der Waals surface area contributed by atoms with Gasteiger partial charge in [-0.05, 0) is 55.4 Å². The molecule has 0 aromatic heterocycles. The van der Waals surface area contributed by atoms with Crippen molar-refractivity contribution in [3.8, 4) is 0 Å². The minimum absolute atomic E-state index is 0.0329. The Morgan fingerprint density at radius 3 is 2.09 bits per heavy atom. The second-order valence-corrected chi connectivity index (χ2v) is 6.62. The average Bonchev–Trinajstić information content (AvgIpc) is 3.14. The van der Waals surface area contributed by atoms with Crippen LogP contribution in [0, 0.1) is 23.7 Å². The molecule has 1 aliphatic heterocycles. The molecule has 1 aromatic rings. The van der Waals surface area contributed by atoms with Crippen molar-refractivity contribution in [1.82, 2.24) is 0 Å². The molecule has 2 bridgehead atoms. The van der Waals surface area contributed by atoms with Crippen molar-refractivity contribution in [3.63, 3.8) is 0 Å². The van der Waals surface area contributed by atoms with Gasteiger partial charge in [-0.3, -0.25) is 19.3 Å². The lowest BCUT2D eigenvalue weighted by atomic mass is 9.81. The number of amides is 3. The molecule has 5 heteroatoms. The van der Waals surface area contributed by atoms with Crippen LogP contribution in [0.1, 0.15) is 26.2 Å². The van der Waals surface area contributed by atoms with Crippen LogP contribution >= 0.6 is 0 Å². The standard InChI is InChI=1S/C17H18N2O3/c1-9(20)18-12-4-6-13(7-5-12)19-16(21)14-10-2-3-11(8-10)15(14)17(19)22/h4-7,10-11,14-15H,2-3,8H2,1H3,(H,18,20)/t10-,11-,14-,15-/m0/s1. The van der Waals surface area contributed by atoms with E-state index in [9.17, 15) is 14.4 Å². The van der Waals surface area contributed by atoms with Crippen LogP contribution in [0.4, 0.5) is 11.4 Å². The monoisotopic (exact) mass is 298 g/mol. The first-order valence-electron chi connectivity index (χ1n) is 7.81. The maximum atomic E-state index is 12.7. The molecule has 0 spiro atoms. The molecule has 1 heterocycles. The van der Waals surface area contributed by atoms with Crippen LogP contribution in [0.25, 0.3) is 0 Å². The number of hydrogen-bond acceptors (Lipinski definition) is 3. The quantitative estimate of drug-likeness (QED) is 0.851. The molecule has 114 valence electrons. The van der Waals surface area contributed by atoms with E-state index < -0.39 is 0 Å². The Morgan fingerprint density at radius 2 is 1.59 bits per heavy atom. The molecule has 1 aromatic carbocycles. The Hall–Kier alpha value is -2.17. The van der Waals surface area contributed by atoms with Crippen molar-refractivity contribution in [2.75, 3.05) is 10.2 Å². The van der Waals surface area contributed by atoms with E-state index in [1.54, 1.807) is 24.3 Å². The summed E-state index contributed by atoms with van der Waals surface area (Å²) < 4.78 is 0. The molecular formula is C17H18N2O3. The number of anilines is 2. The number of fused-ring (bicyclic) bond motifs is 5. The second kappa shape index (κ2) is 4.66. The number of carbonyl (C=O) groups is 3. The van der Waals surface area contributed by atoms with Crippen molar-refractivity contribution in [1.29, 1.82) is 0 Å². The molecule has 22 heavy (non-hydrogen) atoms. The van der Waals surface area contributed by atoms with Gasteiger partial charge in [0.2, 0.25) is 17.7 Å². The third kappa shape index (κ3) is 1.81. The van der Waals surface area contributed by atoms with Gasteiger partial charge in [-0.25, -0.2) is 0 Å². The summed E-state index contributed by atoms with van der Waals surface area (Å²) >= 11 is 0. The van der Waals surface area contributed by atoms with Gasteiger partial charge >= 0.3 is 0 Å². The van der Waals surface area contributed by atoms with Crippen molar-refractivity contribution in [3.05, 3.63) is 24.3 Å². The van der Waals surface area contributed by atoms with Crippen LogP contribution in [-0.2, 0) is 14.4 Å². The van der Waals surface area contributed by atoms with Crippen LogP contribution in [0.3, 0.4) is 0 Å². The van der Waals surface area contributed by atoms with Gasteiger partial charge in [0.05, 0.1) is 17.5 Å². The fraction of sp³-hybridized carbons (Fsp3) is 0.471. The normalized spacial score (nSPS) is 32.5. The Labute approximate surface area is 128 Å². The van der Waals surface area contributed by atoms with Crippen molar-refractivity contribution < 1.29 is 14.4 Å². The van der Waals surface area contributed by atoms with E-state index in [1.807, 2.05) is 0 Å². The van der Waals surface area contributed by atoms with E-state index in [2.05, 4.69) is 5.32 Å². The lowest BCUT2D eigenvalue weighted by Gasteiger charge is -2.19. The van der Waals surface area contributed by atoms with Crippen LogP contribution in [0.15, 0.2) is 24.3 Å². The fourth-order valence-electron chi connectivity index (χ4n) is 4.56. The number of rotatable bonds is 2. The predicted octanol–water partition coefficient (Wildman–Crippen LogP) is 2.18. The van der Waals surface area contributed by atoms with Gasteiger partial charge in [0.15, 0.2) is 0 Å². The summed E-state index contributed by atoms with van der Waals surface area (Å²) in [7, 11) is 0. The van der Waals surface area contributed by atoms with E-state index in [1.165, 1.54) is 11.8 Å².